The summed E-state index contributed by atoms with van der Waals surface area (Å²) in [6.07, 6.45) is -3.22. The van der Waals surface area contributed by atoms with Crippen LogP contribution in [-0.2, 0) is 14.3 Å². The zero-order valence-electron chi connectivity index (χ0n) is 13.7. The van der Waals surface area contributed by atoms with Crippen LogP contribution in [0.2, 0.25) is 5.02 Å². The zero-order chi connectivity index (χ0) is 20.3. The number of aliphatic carboxylic acids is 1. The predicted octanol–water partition coefficient (Wildman–Crippen LogP) is 2.83. The summed E-state index contributed by atoms with van der Waals surface area (Å²) in [5, 5.41) is 10.2. The Morgan fingerprint density at radius 3 is 2.31 bits per heavy atom. The number of hydrogen-bond donors (Lipinski definition) is 3. The lowest BCUT2D eigenvalue weighted by atomic mass is 10.1. The van der Waals surface area contributed by atoms with E-state index in [1.165, 1.54) is 13.2 Å². The summed E-state index contributed by atoms with van der Waals surface area (Å²) in [6, 6.07) is 4.64. The Labute approximate surface area is 152 Å². The van der Waals surface area contributed by atoms with Gasteiger partial charge in [0.1, 0.15) is 0 Å². The molecule has 0 aromatic heterocycles. The van der Waals surface area contributed by atoms with Crippen LogP contribution in [-0.4, -0.2) is 42.8 Å². The van der Waals surface area contributed by atoms with Gasteiger partial charge in [0.25, 0.3) is 0 Å². The quantitative estimate of drug-likeness (QED) is 0.501. The van der Waals surface area contributed by atoms with Crippen molar-refractivity contribution < 1.29 is 37.4 Å². The number of halogens is 4. The maximum Gasteiger partial charge on any atom is 0.490 e. The van der Waals surface area contributed by atoms with Crippen LogP contribution in [0.15, 0.2) is 18.2 Å². The molecule has 1 rings (SSSR count). The number of carbonyl (C=O) groups excluding carboxylic acids is 2. The molecule has 0 aliphatic rings. The summed E-state index contributed by atoms with van der Waals surface area (Å²) in [7, 11) is 1.27. The van der Waals surface area contributed by atoms with Crippen molar-refractivity contribution in [3.63, 3.8) is 0 Å². The summed E-state index contributed by atoms with van der Waals surface area (Å²) < 4.78 is 36.4. The maximum atomic E-state index is 11.7. The first kappa shape index (κ1) is 23.7. The number of alkyl halides is 3. The Bertz CT molecular complexity index is 638. The standard InChI is InChI=1S/C13H17ClN2O3.C2HF3O2/c1-19-13(18)10-8-9(14)5-6-11(10)16-12(17)4-2-3-7-15;3-2(4,5)1(6)7/h5-6,8H,2-4,7,15H2,1H3,(H,16,17);(H,6,7). The molecule has 0 aliphatic heterocycles. The number of hydrogen-bond acceptors (Lipinski definition) is 5. The fourth-order valence-electron chi connectivity index (χ4n) is 1.55. The molecule has 0 bridgehead atoms. The molecule has 4 N–H and O–H groups in total. The van der Waals surface area contributed by atoms with Crippen molar-refractivity contribution >= 4 is 35.1 Å². The Morgan fingerprint density at radius 2 is 1.85 bits per heavy atom. The smallest absolute Gasteiger partial charge is 0.475 e. The fourth-order valence-corrected chi connectivity index (χ4v) is 1.72. The lowest BCUT2D eigenvalue weighted by Crippen LogP contribution is -2.21. The van der Waals surface area contributed by atoms with Gasteiger partial charge >= 0.3 is 18.1 Å². The lowest BCUT2D eigenvalue weighted by molar-refractivity contribution is -0.192. The van der Waals surface area contributed by atoms with E-state index < -0.39 is 18.1 Å². The summed E-state index contributed by atoms with van der Waals surface area (Å²) in [5.74, 6) is -3.46. The summed E-state index contributed by atoms with van der Waals surface area (Å²) >= 11 is 5.82. The molecule has 0 saturated heterocycles. The number of carboxylic acids is 1. The van der Waals surface area contributed by atoms with Crippen molar-refractivity contribution in [1.82, 2.24) is 0 Å². The van der Waals surface area contributed by atoms with Crippen molar-refractivity contribution in [2.45, 2.75) is 25.4 Å². The second-order valence-corrected chi connectivity index (χ2v) is 5.21. The topological polar surface area (TPSA) is 119 Å². The van der Waals surface area contributed by atoms with Gasteiger partial charge in [-0.05, 0) is 37.6 Å². The molecule has 0 heterocycles. The normalized spacial score (nSPS) is 10.4. The molecule has 0 aliphatic carbocycles. The summed E-state index contributed by atoms with van der Waals surface area (Å²) in [6.45, 7) is 0.557. The van der Waals surface area contributed by atoms with Gasteiger partial charge in [0.15, 0.2) is 0 Å². The molecular weight excluding hydrogens is 381 g/mol. The van der Waals surface area contributed by atoms with Gasteiger partial charge in [-0.1, -0.05) is 11.6 Å². The molecule has 0 radical (unpaired) electrons. The van der Waals surface area contributed by atoms with Crippen LogP contribution in [0.5, 0.6) is 0 Å². The number of benzene rings is 1. The van der Waals surface area contributed by atoms with Gasteiger partial charge in [-0.25, -0.2) is 9.59 Å². The minimum atomic E-state index is -5.08. The second-order valence-electron chi connectivity index (χ2n) is 4.78. The number of nitrogens with two attached hydrogens (primary N) is 1. The zero-order valence-corrected chi connectivity index (χ0v) is 14.5. The molecule has 11 heteroatoms. The van der Waals surface area contributed by atoms with Crippen molar-refractivity contribution in [1.29, 1.82) is 0 Å². The molecule has 7 nitrogen and oxygen atoms in total. The van der Waals surface area contributed by atoms with Crippen LogP contribution >= 0.6 is 11.6 Å². The predicted molar refractivity (Wildman–Crippen MR) is 88.0 cm³/mol. The monoisotopic (exact) mass is 398 g/mol. The molecule has 0 atom stereocenters. The van der Waals surface area contributed by atoms with Crippen LogP contribution in [0.25, 0.3) is 0 Å². The highest BCUT2D eigenvalue weighted by molar-refractivity contribution is 6.31. The first-order valence-corrected chi connectivity index (χ1v) is 7.58. The number of ether oxygens (including phenoxy) is 1. The van der Waals surface area contributed by atoms with Gasteiger partial charge in [0.05, 0.1) is 18.4 Å². The van der Waals surface area contributed by atoms with Crippen LogP contribution in [0.1, 0.15) is 29.6 Å². The molecule has 0 spiro atoms. The number of anilines is 1. The first-order valence-electron chi connectivity index (χ1n) is 7.20. The molecule has 146 valence electrons. The molecule has 1 amide bonds. The molecule has 0 unspecified atom stereocenters. The van der Waals surface area contributed by atoms with Crippen molar-refractivity contribution in [3.8, 4) is 0 Å². The molecule has 0 saturated carbocycles. The SMILES string of the molecule is COC(=O)c1cc(Cl)ccc1NC(=O)CCCCN.O=C(O)C(F)(F)F. The van der Waals surface area contributed by atoms with E-state index >= 15 is 0 Å². The fraction of sp³-hybridized carbons (Fsp3) is 0.400. The van der Waals surface area contributed by atoms with Gasteiger partial charge in [0.2, 0.25) is 5.91 Å². The summed E-state index contributed by atoms with van der Waals surface area (Å²) in [5.41, 5.74) is 5.99. The second kappa shape index (κ2) is 11.3. The van der Waals surface area contributed by atoms with E-state index in [0.717, 1.165) is 6.42 Å². The van der Waals surface area contributed by atoms with Crippen LogP contribution < -0.4 is 11.1 Å². The number of rotatable bonds is 6. The van der Waals surface area contributed by atoms with E-state index in [0.29, 0.717) is 30.1 Å². The first-order chi connectivity index (χ1) is 12.0. The van der Waals surface area contributed by atoms with Crippen LogP contribution in [0.3, 0.4) is 0 Å². The van der Waals surface area contributed by atoms with Gasteiger partial charge in [-0.3, -0.25) is 4.79 Å². The molecule has 1 aromatic carbocycles. The molecule has 1 aromatic rings. The Morgan fingerprint density at radius 1 is 1.27 bits per heavy atom. The summed E-state index contributed by atoms with van der Waals surface area (Å²) in [4.78, 5) is 32.2. The number of carboxylic acid groups (broad SMARTS) is 1. The molecule has 0 fully saturated rings. The van der Waals surface area contributed by atoms with E-state index in [4.69, 9.17) is 27.2 Å². The van der Waals surface area contributed by atoms with E-state index in [2.05, 4.69) is 10.1 Å². The largest absolute Gasteiger partial charge is 0.490 e. The number of nitrogens with one attached hydrogen (secondary N) is 1. The third kappa shape index (κ3) is 9.23. The average Bonchev–Trinajstić information content (AvgIpc) is 2.55. The van der Waals surface area contributed by atoms with Gasteiger partial charge in [-0.15, -0.1) is 0 Å². The number of methoxy groups -OCH3 is 1. The molecular formula is C15H18ClF3N2O5. The maximum absolute atomic E-state index is 11.7. The van der Waals surface area contributed by atoms with Crippen LogP contribution in [0, 0.1) is 0 Å². The highest BCUT2D eigenvalue weighted by Crippen LogP contribution is 2.22. The number of carbonyl (C=O) groups is 3. The number of amides is 1. The minimum Gasteiger partial charge on any atom is -0.475 e. The van der Waals surface area contributed by atoms with E-state index in [1.54, 1.807) is 12.1 Å². The van der Waals surface area contributed by atoms with Crippen molar-refractivity contribution in [2.75, 3.05) is 19.0 Å². The van der Waals surface area contributed by atoms with Crippen molar-refractivity contribution in [3.05, 3.63) is 28.8 Å². The Balaban J connectivity index is 0.000000758. The average molecular weight is 399 g/mol. The van der Waals surface area contributed by atoms with E-state index in [-0.39, 0.29) is 11.5 Å². The lowest BCUT2D eigenvalue weighted by Gasteiger charge is -2.10. The third-order valence-electron chi connectivity index (χ3n) is 2.76. The van der Waals surface area contributed by atoms with E-state index in [1.807, 2.05) is 0 Å². The Kier molecular flexibility index (Phi) is 10.3. The minimum absolute atomic E-state index is 0.166. The van der Waals surface area contributed by atoms with Gasteiger partial charge < -0.3 is 20.9 Å². The number of esters is 1. The van der Waals surface area contributed by atoms with Crippen molar-refractivity contribution in [2.24, 2.45) is 5.73 Å². The third-order valence-corrected chi connectivity index (χ3v) is 3.00. The highest BCUT2D eigenvalue weighted by atomic mass is 35.5. The molecule has 26 heavy (non-hydrogen) atoms. The Hall–Kier alpha value is -2.33. The highest BCUT2D eigenvalue weighted by Gasteiger charge is 2.38. The van der Waals surface area contributed by atoms with E-state index in [9.17, 15) is 22.8 Å². The van der Waals surface area contributed by atoms with Gasteiger partial charge in [-0.2, -0.15) is 13.2 Å². The van der Waals surface area contributed by atoms with Gasteiger partial charge in [0, 0.05) is 11.4 Å². The number of unbranched alkanes of at least 4 members (excludes halogenated alkanes) is 1. The van der Waals surface area contributed by atoms with Crippen LogP contribution in [0.4, 0.5) is 18.9 Å².